The molecule has 2 N–H and O–H groups in total. The molecular weight excluding hydrogens is 534 g/mol. The lowest BCUT2D eigenvalue weighted by atomic mass is 9.86. The number of nitrogens with zero attached hydrogens (tertiary/aromatic N) is 2. The molecule has 0 radical (unpaired) electrons. The summed E-state index contributed by atoms with van der Waals surface area (Å²) >= 11 is 0. The predicted octanol–water partition coefficient (Wildman–Crippen LogP) is 9.47. The van der Waals surface area contributed by atoms with E-state index in [2.05, 4.69) is 133 Å². The van der Waals surface area contributed by atoms with Gasteiger partial charge < -0.3 is 10.6 Å². The summed E-state index contributed by atoms with van der Waals surface area (Å²) in [6, 6.07) is 41.0. The maximum Gasteiger partial charge on any atom is 0.221 e. The van der Waals surface area contributed by atoms with Gasteiger partial charge >= 0.3 is 0 Å². The summed E-state index contributed by atoms with van der Waals surface area (Å²) in [7, 11) is 4.46. The van der Waals surface area contributed by atoms with E-state index in [1.165, 1.54) is 115 Å². The van der Waals surface area contributed by atoms with Crippen LogP contribution in [0.5, 0.6) is 0 Å². The second-order valence-electron chi connectivity index (χ2n) is 12.8. The minimum atomic E-state index is 0.536. The average Bonchev–Trinajstić information content (AvgIpc) is 3.38. The fourth-order valence-corrected chi connectivity index (χ4v) is 7.32. The number of hydrogen-bond donors (Lipinski definition) is 1. The average molecular weight is 583 g/mol. The van der Waals surface area contributed by atoms with Crippen molar-refractivity contribution in [1.82, 2.24) is 0 Å². The summed E-state index contributed by atoms with van der Waals surface area (Å²) in [6.07, 6.45) is 13.3. The summed E-state index contributed by atoms with van der Waals surface area (Å²) in [6.45, 7) is 0. The van der Waals surface area contributed by atoms with Gasteiger partial charge in [0.05, 0.1) is 11.1 Å². The first-order valence-corrected chi connectivity index (χ1v) is 16.8. The molecule has 4 aromatic rings. The first-order chi connectivity index (χ1) is 21.6. The zero-order valence-corrected chi connectivity index (χ0v) is 26.6. The Morgan fingerprint density at radius 1 is 0.636 bits per heavy atom. The maximum atomic E-state index is 5.63. The van der Waals surface area contributed by atoms with Crippen LogP contribution in [0.3, 0.4) is 0 Å². The van der Waals surface area contributed by atoms with Crippen molar-refractivity contribution in [2.24, 2.45) is 5.73 Å². The quantitative estimate of drug-likeness (QED) is 0.238. The molecule has 226 valence electrons. The van der Waals surface area contributed by atoms with Crippen molar-refractivity contribution in [3.8, 4) is 0 Å². The van der Waals surface area contributed by atoms with Gasteiger partial charge in [-0.1, -0.05) is 111 Å². The Bertz CT molecular complexity index is 1570. The van der Waals surface area contributed by atoms with Crippen LogP contribution in [0, 0.1) is 0 Å². The smallest absolute Gasteiger partial charge is 0.221 e. The van der Waals surface area contributed by atoms with Gasteiger partial charge in [0, 0.05) is 42.0 Å². The largest absolute Gasteiger partial charge is 0.372 e. The van der Waals surface area contributed by atoms with Crippen LogP contribution >= 0.6 is 0 Å². The highest BCUT2D eigenvalue weighted by atomic mass is 15.1. The summed E-state index contributed by atoms with van der Waals surface area (Å²) in [5.41, 5.74) is 17.0. The molecule has 0 bridgehead atoms. The summed E-state index contributed by atoms with van der Waals surface area (Å²) in [5, 5.41) is 0. The van der Waals surface area contributed by atoms with E-state index >= 15 is 0 Å². The topological polar surface area (TPSA) is 32.3 Å². The third-order valence-corrected chi connectivity index (χ3v) is 9.80. The van der Waals surface area contributed by atoms with Crippen LogP contribution in [0.4, 0.5) is 11.4 Å². The van der Waals surface area contributed by atoms with Crippen LogP contribution in [-0.2, 0) is 0 Å². The van der Waals surface area contributed by atoms with Crippen molar-refractivity contribution in [3.05, 3.63) is 131 Å². The minimum absolute atomic E-state index is 0.536. The second-order valence-corrected chi connectivity index (χ2v) is 12.8. The molecule has 1 heterocycles. The summed E-state index contributed by atoms with van der Waals surface area (Å²) in [4.78, 5) is 2.50. The van der Waals surface area contributed by atoms with Gasteiger partial charge in [-0.2, -0.15) is 4.58 Å². The third kappa shape index (κ3) is 6.59. The Morgan fingerprint density at radius 3 is 1.80 bits per heavy atom. The molecule has 1 aliphatic heterocycles. The molecule has 3 nitrogen and oxygen atoms in total. The van der Waals surface area contributed by atoms with E-state index in [0.717, 1.165) is 0 Å². The lowest BCUT2D eigenvalue weighted by Crippen LogP contribution is -2.33. The van der Waals surface area contributed by atoms with E-state index in [-0.39, 0.29) is 0 Å². The van der Waals surface area contributed by atoms with Crippen molar-refractivity contribution in [1.29, 1.82) is 0 Å². The van der Waals surface area contributed by atoms with Crippen LogP contribution in [0.1, 0.15) is 86.5 Å². The van der Waals surface area contributed by atoms with Crippen LogP contribution in [0.25, 0.3) is 11.1 Å². The minimum Gasteiger partial charge on any atom is -0.372 e. The van der Waals surface area contributed by atoms with Crippen LogP contribution in [-0.4, -0.2) is 36.5 Å². The third-order valence-electron chi connectivity index (χ3n) is 9.80. The predicted molar refractivity (Wildman–Crippen MR) is 188 cm³/mol. The molecule has 0 spiro atoms. The number of hydrogen-bond acceptors (Lipinski definition) is 2. The zero-order valence-electron chi connectivity index (χ0n) is 26.6. The molecule has 3 heteroatoms. The van der Waals surface area contributed by atoms with Crippen molar-refractivity contribution < 1.29 is 4.58 Å². The van der Waals surface area contributed by atoms with Gasteiger partial charge in [0.15, 0.2) is 0 Å². The molecule has 0 unspecified atom stereocenters. The van der Waals surface area contributed by atoms with Gasteiger partial charge in [0.2, 0.25) is 11.4 Å². The van der Waals surface area contributed by atoms with Crippen molar-refractivity contribution in [2.45, 2.75) is 76.3 Å². The van der Waals surface area contributed by atoms with Crippen molar-refractivity contribution in [2.75, 3.05) is 19.0 Å². The molecule has 4 aromatic carbocycles. The lowest BCUT2D eigenvalue weighted by Gasteiger charge is -2.33. The number of allylic oxidation sites excluding steroid dienone is 1. The van der Waals surface area contributed by atoms with E-state index in [1.807, 2.05) is 0 Å². The summed E-state index contributed by atoms with van der Waals surface area (Å²) < 4.78 is 2.36. The van der Waals surface area contributed by atoms with Gasteiger partial charge in [-0.05, 0) is 67.1 Å². The fourth-order valence-electron chi connectivity index (χ4n) is 7.32. The van der Waals surface area contributed by atoms with Crippen LogP contribution in [0.2, 0.25) is 0 Å². The fraction of sp³-hybridized carbons (Fsp3) is 0.341. The highest BCUT2D eigenvalue weighted by molar-refractivity contribution is 6.38. The molecule has 0 aromatic heterocycles. The molecule has 44 heavy (non-hydrogen) atoms. The Hall–Kier alpha value is -3.95. The molecule has 0 amide bonds. The molecule has 7 rings (SSSR count). The number of anilines is 1. The van der Waals surface area contributed by atoms with E-state index in [9.17, 15) is 0 Å². The zero-order chi connectivity index (χ0) is 30.3. The molecule has 0 saturated heterocycles. The molecule has 3 aliphatic rings. The van der Waals surface area contributed by atoms with Crippen LogP contribution in [0.15, 0.2) is 109 Å². The van der Waals surface area contributed by atoms with Gasteiger partial charge in [-0.15, -0.1) is 0 Å². The van der Waals surface area contributed by atoms with Crippen molar-refractivity contribution in [3.63, 3.8) is 0 Å². The van der Waals surface area contributed by atoms with Gasteiger partial charge in [0.25, 0.3) is 0 Å². The van der Waals surface area contributed by atoms with E-state index in [0.29, 0.717) is 12.1 Å². The number of para-hydroxylation sites is 1. The van der Waals surface area contributed by atoms with Gasteiger partial charge in [0.1, 0.15) is 7.05 Å². The number of fused-ring (bicyclic) bond motifs is 1. The molecule has 2 fully saturated rings. The summed E-state index contributed by atoms with van der Waals surface area (Å²) in [5.74, 6) is 0. The SMILES string of the molecule is CN(c1ccc(C(=C2C(c3ccccc3)=[N+](C)c3ccccc32)c2ccccc2)cc1)C1CCCCC1.NC1CCCCC1. The Morgan fingerprint density at radius 2 is 1.18 bits per heavy atom. The Balaban J connectivity index is 0.000000433. The Kier molecular flexibility index (Phi) is 9.73. The standard InChI is InChI=1S/C35H35N2.C6H13N/c1-36(29-18-10-5-11-19-29)30-24-22-27(23-25-30)33(26-14-6-3-7-15-26)34-31-20-12-13-21-32(31)37(2)35(34)28-16-8-4-9-17-28;7-6-4-2-1-3-5-6/h3-4,6-9,12-17,20-25,29H,5,10-11,18-19H2,1-2H3;6H,1-5,7H2/q+1;. The monoisotopic (exact) mass is 582 g/mol. The molecule has 2 aliphatic carbocycles. The molecule has 2 saturated carbocycles. The number of benzene rings is 4. The van der Waals surface area contributed by atoms with Crippen LogP contribution < -0.4 is 10.6 Å². The van der Waals surface area contributed by atoms with Gasteiger partial charge in [-0.3, -0.25) is 0 Å². The molecule has 0 atom stereocenters. The van der Waals surface area contributed by atoms with Gasteiger partial charge in [-0.25, -0.2) is 0 Å². The normalized spacial score (nSPS) is 18.3. The number of rotatable bonds is 5. The van der Waals surface area contributed by atoms with E-state index in [4.69, 9.17) is 5.73 Å². The highest BCUT2D eigenvalue weighted by Crippen LogP contribution is 2.43. The lowest BCUT2D eigenvalue weighted by molar-refractivity contribution is -0.400. The first-order valence-electron chi connectivity index (χ1n) is 16.8. The van der Waals surface area contributed by atoms with Crippen molar-refractivity contribution >= 4 is 28.2 Å². The first kappa shape index (κ1) is 30.1. The maximum absolute atomic E-state index is 5.63. The Labute approximate surface area is 264 Å². The molecular formula is C41H48N3+. The van der Waals surface area contributed by atoms with E-state index < -0.39 is 0 Å². The second kappa shape index (κ2) is 14.2. The van der Waals surface area contributed by atoms with E-state index in [1.54, 1.807) is 0 Å². The highest BCUT2D eigenvalue weighted by Gasteiger charge is 2.36. The number of nitrogens with two attached hydrogens (primary N) is 1.